The molecule has 3 aliphatic rings. The lowest BCUT2D eigenvalue weighted by Crippen LogP contribution is -2.44. The smallest absolute Gasteiger partial charge is 0.394 e. The number of imidazole rings is 1. The summed E-state index contributed by atoms with van der Waals surface area (Å²) >= 11 is 1.26. The number of halogens is 1. The number of carbonyl (C=O) groups excluding carboxylic acids is 3. The van der Waals surface area contributed by atoms with Crippen LogP contribution in [0.1, 0.15) is 52.6 Å². The summed E-state index contributed by atoms with van der Waals surface area (Å²) < 4.78 is 23.7. The molecule has 1 unspecified atom stereocenters. The Hall–Kier alpha value is -5.11. The molecule has 2 N–H and O–H groups in total. The zero-order valence-electron chi connectivity index (χ0n) is 24.5. The van der Waals surface area contributed by atoms with Crippen LogP contribution in [0.15, 0.2) is 54.3 Å². The number of fused-ring (bicyclic) bond motifs is 2. The van der Waals surface area contributed by atoms with Crippen molar-refractivity contribution in [2.75, 3.05) is 18.4 Å². The molecule has 14 heteroatoms. The van der Waals surface area contributed by atoms with Gasteiger partial charge in [0.1, 0.15) is 17.7 Å². The predicted octanol–water partition coefficient (Wildman–Crippen LogP) is 3.88. The molecule has 4 aromatic rings. The second-order valence-corrected chi connectivity index (χ2v) is 12.4. The molecule has 236 valence electrons. The van der Waals surface area contributed by atoms with Crippen molar-refractivity contribution in [3.8, 4) is 16.9 Å². The van der Waals surface area contributed by atoms with Gasteiger partial charge in [-0.2, -0.15) is 0 Å². The van der Waals surface area contributed by atoms with Crippen molar-refractivity contribution in [3.05, 3.63) is 82.6 Å². The molecule has 2 aromatic carbocycles. The van der Waals surface area contributed by atoms with Crippen LogP contribution in [0.25, 0.3) is 11.1 Å². The first-order chi connectivity index (χ1) is 22.3. The molecule has 0 saturated carbocycles. The molecule has 1 atom stereocenters. The highest BCUT2D eigenvalue weighted by molar-refractivity contribution is 7.13. The Bertz CT molecular complexity index is 1830. The number of nitrogens with zero attached hydrogens (tertiary/aromatic N) is 5. The minimum Gasteiger partial charge on any atom is -0.490 e. The monoisotopic (exact) mass is 644 g/mol. The van der Waals surface area contributed by atoms with E-state index in [1.807, 2.05) is 4.57 Å². The number of aromatic nitrogens is 3. The lowest BCUT2D eigenvalue weighted by molar-refractivity contribution is -0.156. The normalized spacial score (nSPS) is 16.7. The number of anilines is 1. The minimum atomic E-state index is -1.47. The number of likely N-dealkylation sites (tertiary alicyclic amines) is 1. The maximum Gasteiger partial charge on any atom is 0.394 e. The van der Waals surface area contributed by atoms with E-state index >= 15 is 4.39 Å². The third kappa shape index (κ3) is 5.49. The summed E-state index contributed by atoms with van der Waals surface area (Å²) in [7, 11) is 0. The van der Waals surface area contributed by atoms with Gasteiger partial charge in [0.25, 0.3) is 11.8 Å². The van der Waals surface area contributed by atoms with Crippen molar-refractivity contribution in [3.63, 3.8) is 0 Å². The average Bonchev–Trinajstić information content (AvgIpc) is 3.86. The van der Waals surface area contributed by atoms with E-state index in [9.17, 15) is 19.2 Å². The van der Waals surface area contributed by atoms with Crippen molar-refractivity contribution in [1.29, 1.82) is 0 Å². The zero-order valence-corrected chi connectivity index (χ0v) is 25.3. The van der Waals surface area contributed by atoms with E-state index in [1.54, 1.807) is 48.2 Å². The number of nitrogens with one attached hydrogen (secondary N) is 1. The van der Waals surface area contributed by atoms with Crippen LogP contribution < -0.4 is 10.1 Å². The standard InChI is InChI=1S/C32H29FN6O6S/c33-24-15-19(18-3-5-20(6-4-18)45-21-7-11-37(12-8-21)30(42)31(43)44)14-22-23(24)16-39(29(22)41)27(28(40)36-32-34-9-13-46-32)26-25-2-1-10-38(25)17-35-26/h3-6,9,13-15,17,21,27H,1-2,7-8,10-12,16H2,(H,43,44)(H,34,36,40). The van der Waals surface area contributed by atoms with E-state index in [4.69, 9.17) is 9.84 Å². The number of aryl methyl sites for hydroxylation is 1. The largest absolute Gasteiger partial charge is 0.490 e. The predicted molar refractivity (Wildman–Crippen MR) is 164 cm³/mol. The van der Waals surface area contributed by atoms with Crippen LogP contribution in [-0.2, 0) is 33.9 Å². The van der Waals surface area contributed by atoms with Gasteiger partial charge in [0, 0.05) is 60.9 Å². The number of aliphatic carboxylic acids is 1. The number of amides is 3. The molecule has 3 amide bonds. The van der Waals surface area contributed by atoms with Gasteiger partial charge in [-0.1, -0.05) is 12.1 Å². The van der Waals surface area contributed by atoms with Crippen LogP contribution >= 0.6 is 11.3 Å². The lowest BCUT2D eigenvalue weighted by atomic mass is 9.99. The van der Waals surface area contributed by atoms with Gasteiger partial charge >= 0.3 is 11.9 Å². The Labute approximate surface area is 266 Å². The second kappa shape index (κ2) is 12.0. The van der Waals surface area contributed by atoms with Gasteiger partial charge < -0.3 is 24.2 Å². The van der Waals surface area contributed by atoms with E-state index in [0.717, 1.165) is 25.1 Å². The fraction of sp³-hybridized carbons (Fsp3) is 0.312. The van der Waals surface area contributed by atoms with Crippen LogP contribution in [0.5, 0.6) is 5.75 Å². The summed E-state index contributed by atoms with van der Waals surface area (Å²) in [5, 5.41) is 13.9. The molecular formula is C32H29FN6O6S. The van der Waals surface area contributed by atoms with E-state index in [2.05, 4.69) is 15.3 Å². The Kier molecular flexibility index (Phi) is 7.72. The molecule has 46 heavy (non-hydrogen) atoms. The molecule has 0 radical (unpaired) electrons. The Morgan fingerprint density at radius 1 is 1.07 bits per heavy atom. The first kappa shape index (κ1) is 29.6. The highest BCUT2D eigenvalue weighted by atomic mass is 32.1. The minimum absolute atomic E-state index is 0.0772. The first-order valence-electron chi connectivity index (χ1n) is 14.9. The van der Waals surface area contributed by atoms with Crippen LogP contribution in [-0.4, -0.2) is 72.3 Å². The van der Waals surface area contributed by atoms with Gasteiger partial charge in [0.05, 0.1) is 18.6 Å². The van der Waals surface area contributed by atoms with Gasteiger partial charge in [-0.05, 0) is 48.2 Å². The van der Waals surface area contributed by atoms with E-state index < -0.39 is 35.5 Å². The molecule has 5 heterocycles. The fourth-order valence-electron chi connectivity index (χ4n) is 6.40. The quantitative estimate of drug-likeness (QED) is 0.288. The number of ether oxygens (including phenoxy) is 1. The van der Waals surface area contributed by atoms with Crippen LogP contribution in [0.4, 0.5) is 9.52 Å². The molecule has 2 aromatic heterocycles. The topological polar surface area (TPSA) is 147 Å². The van der Waals surface area contributed by atoms with Gasteiger partial charge in [0.2, 0.25) is 0 Å². The summed E-state index contributed by atoms with van der Waals surface area (Å²) in [6.07, 6.45) is 5.72. The molecule has 7 rings (SSSR count). The molecule has 3 aliphatic heterocycles. The van der Waals surface area contributed by atoms with Crippen LogP contribution in [0.3, 0.4) is 0 Å². The van der Waals surface area contributed by atoms with E-state index in [1.165, 1.54) is 27.2 Å². The molecular weight excluding hydrogens is 615 g/mol. The Morgan fingerprint density at radius 2 is 1.85 bits per heavy atom. The van der Waals surface area contributed by atoms with Gasteiger partial charge in [-0.25, -0.2) is 19.2 Å². The average molecular weight is 645 g/mol. The number of thiazole rings is 1. The number of hydrogen-bond donors (Lipinski definition) is 2. The summed E-state index contributed by atoms with van der Waals surface area (Å²) in [6, 6.07) is 9.03. The number of carboxylic acid groups (broad SMARTS) is 1. The number of carbonyl (C=O) groups is 4. The maximum atomic E-state index is 15.6. The van der Waals surface area contributed by atoms with Crippen molar-refractivity contribution >= 4 is 40.2 Å². The zero-order chi connectivity index (χ0) is 31.9. The molecule has 0 bridgehead atoms. The number of piperidine rings is 1. The van der Waals surface area contributed by atoms with Crippen molar-refractivity contribution in [1.82, 2.24) is 24.3 Å². The number of carboxylic acids is 1. The SMILES string of the molecule is O=C(O)C(=O)N1CCC(Oc2ccc(-c3cc(F)c4c(c3)C(=O)N(C(C(=O)Nc3nccs3)c3ncn5c3CCC5)C4)cc2)CC1. The summed E-state index contributed by atoms with van der Waals surface area (Å²) in [5.41, 5.74) is 2.98. The van der Waals surface area contributed by atoms with Gasteiger partial charge in [-0.15, -0.1) is 11.3 Å². The Morgan fingerprint density at radius 3 is 2.57 bits per heavy atom. The van der Waals surface area contributed by atoms with Gasteiger partial charge in [-0.3, -0.25) is 19.7 Å². The maximum absolute atomic E-state index is 15.6. The molecule has 1 saturated heterocycles. The van der Waals surface area contributed by atoms with E-state index in [0.29, 0.717) is 53.6 Å². The van der Waals surface area contributed by atoms with Crippen molar-refractivity contribution in [2.45, 2.75) is 50.9 Å². The summed E-state index contributed by atoms with van der Waals surface area (Å²) in [4.78, 5) is 61.6. The third-order valence-corrected chi connectivity index (χ3v) is 9.38. The number of hydrogen-bond acceptors (Lipinski definition) is 8. The molecule has 0 aliphatic carbocycles. The lowest BCUT2D eigenvalue weighted by Gasteiger charge is -2.31. The summed E-state index contributed by atoms with van der Waals surface area (Å²) in [5.74, 6) is -3.25. The van der Waals surface area contributed by atoms with Crippen molar-refractivity contribution < 1.29 is 33.4 Å². The van der Waals surface area contributed by atoms with Crippen molar-refractivity contribution in [2.24, 2.45) is 0 Å². The fourth-order valence-corrected chi connectivity index (χ4v) is 6.93. The van der Waals surface area contributed by atoms with E-state index in [-0.39, 0.29) is 23.8 Å². The summed E-state index contributed by atoms with van der Waals surface area (Å²) in [6.45, 7) is 1.30. The number of benzene rings is 2. The third-order valence-electron chi connectivity index (χ3n) is 8.69. The van der Waals surface area contributed by atoms with Crippen LogP contribution in [0.2, 0.25) is 0 Å². The number of rotatable bonds is 7. The molecule has 0 spiro atoms. The second-order valence-electron chi connectivity index (χ2n) is 11.5. The Balaban J connectivity index is 1.10. The van der Waals surface area contributed by atoms with Crippen LogP contribution in [0, 0.1) is 5.82 Å². The highest BCUT2D eigenvalue weighted by Crippen LogP contribution is 2.38. The molecule has 1 fully saturated rings. The molecule has 12 nitrogen and oxygen atoms in total. The van der Waals surface area contributed by atoms with Gasteiger partial charge in [0.15, 0.2) is 11.2 Å². The first-order valence-corrected chi connectivity index (χ1v) is 15.8. The highest BCUT2D eigenvalue weighted by Gasteiger charge is 2.42.